The van der Waals surface area contributed by atoms with Crippen LogP contribution < -0.4 is 18.9 Å². The largest absolute Gasteiger partial charge is 0.507 e. The Kier molecular flexibility index (Phi) is 7.65. The van der Waals surface area contributed by atoms with Gasteiger partial charge in [0.2, 0.25) is 0 Å². The van der Waals surface area contributed by atoms with E-state index in [1.165, 1.54) is 14.2 Å². The summed E-state index contributed by atoms with van der Waals surface area (Å²) < 4.78 is 22.3. The average Bonchev–Trinajstić information content (AvgIpc) is 2.86. The zero-order valence-electron chi connectivity index (χ0n) is 20.2. The van der Waals surface area contributed by atoms with Gasteiger partial charge in [0, 0.05) is 0 Å². The third kappa shape index (κ3) is 5.00. The summed E-state index contributed by atoms with van der Waals surface area (Å²) >= 11 is 0. The van der Waals surface area contributed by atoms with Crippen LogP contribution in [0.15, 0.2) is 48.5 Å². The van der Waals surface area contributed by atoms with E-state index in [4.69, 9.17) is 28.7 Å². The molecule has 0 unspecified atom stereocenters. The molecule has 3 aromatic carbocycles. The molecule has 35 heavy (non-hydrogen) atoms. The number of aryl methyl sites for hydroxylation is 2. The average molecular weight is 483 g/mol. The number of hydrogen-bond acceptors (Lipinski definition) is 8. The molecular weight excluding hydrogens is 452 g/mol. The van der Waals surface area contributed by atoms with Gasteiger partial charge in [-0.25, -0.2) is 9.78 Å². The van der Waals surface area contributed by atoms with Gasteiger partial charge in [-0.3, -0.25) is 0 Å². The molecule has 186 valence electrons. The highest BCUT2D eigenvalue weighted by Crippen LogP contribution is 2.50. The molecule has 0 radical (unpaired) electrons. The highest BCUT2D eigenvalue weighted by molar-refractivity contribution is 5.86. The molecule has 2 atom stereocenters. The summed E-state index contributed by atoms with van der Waals surface area (Å²) in [6.45, 7) is -0.178. The lowest BCUT2D eigenvalue weighted by atomic mass is 9.94. The predicted octanol–water partition coefficient (Wildman–Crippen LogP) is 4.24. The summed E-state index contributed by atoms with van der Waals surface area (Å²) in [5.41, 5.74) is 3.79. The van der Waals surface area contributed by atoms with Crippen LogP contribution in [0.2, 0.25) is 0 Å². The van der Waals surface area contributed by atoms with Crippen LogP contribution in [0.3, 0.4) is 0 Å². The second-order valence-electron chi connectivity index (χ2n) is 8.18. The molecule has 4 rings (SSSR count). The van der Waals surface area contributed by atoms with Crippen molar-refractivity contribution in [3.8, 4) is 39.9 Å². The molecule has 8 nitrogen and oxygen atoms in total. The van der Waals surface area contributed by atoms with Crippen LogP contribution in [0.4, 0.5) is 0 Å². The normalized spacial score (nSPS) is 16.9. The highest BCUT2D eigenvalue weighted by Gasteiger charge is 2.37. The van der Waals surface area contributed by atoms with E-state index in [1.54, 1.807) is 32.4 Å². The van der Waals surface area contributed by atoms with Gasteiger partial charge in [0.05, 0.1) is 46.2 Å². The number of methoxy groups -OCH3 is 4. The van der Waals surface area contributed by atoms with Crippen LogP contribution in [0, 0.1) is 0 Å². The fourth-order valence-corrected chi connectivity index (χ4v) is 4.26. The van der Waals surface area contributed by atoms with E-state index in [1.807, 2.05) is 30.3 Å². The summed E-state index contributed by atoms with van der Waals surface area (Å²) in [6.07, 6.45) is 0.552. The number of rotatable bonds is 10. The smallest absolute Gasteiger partial charge is 0.150 e. The first-order valence-corrected chi connectivity index (χ1v) is 11.2. The lowest BCUT2D eigenvalue weighted by molar-refractivity contribution is -0.473. The first-order chi connectivity index (χ1) is 17.0. The SMILES string of the molecule is COc1cccc(CCc2cc(O)c(-c3c(OC)cc([C@@H]4OO[C@H]4CO)cc3OC)c(OC)c2)c1. The number of benzene rings is 3. The number of phenols is 1. The Morgan fingerprint density at radius 3 is 1.97 bits per heavy atom. The quantitative estimate of drug-likeness (QED) is 0.414. The summed E-state index contributed by atoms with van der Waals surface area (Å²) in [7, 11) is 6.28. The Balaban J connectivity index is 1.69. The molecule has 1 saturated heterocycles. The third-order valence-electron chi connectivity index (χ3n) is 6.10. The first-order valence-electron chi connectivity index (χ1n) is 11.2. The second kappa shape index (κ2) is 10.9. The van der Waals surface area contributed by atoms with E-state index >= 15 is 0 Å². The lowest BCUT2D eigenvalue weighted by Crippen LogP contribution is -2.38. The molecule has 1 heterocycles. The highest BCUT2D eigenvalue weighted by atomic mass is 17.2. The van der Waals surface area contributed by atoms with Gasteiger partial charge in [-0.1, -0.05) is 12.1 Å². The molecular formula is C27H30O8. The second-order valence-corrected chi connectivity index (χ2v) is 8.18. The van der Waals surface area contributed by atoms with Crippen molar-refractivity contribution in [2.24, 2.45) is 0 Å². The molecule has 1 aliphatic heterocycles. The van der Waals surface area contributed by atoms with E-state index in [0.717, 1.165) is 28.9 Å². The van der Waals surface area contributed by atoms with Crippen molar-refractivity contribution >= 4 is 0 Å². The molecule has 1 aliphatic rings. The van der Waals surface area contributed by atoms with Crippen LogP contribution in [0.25, 0.3) is 11.1 Å². The van der Waals surface area contributed by atoms with Gasteiger partial charge in [0.25, 0.3) is 0 Å². The Bertz CT molecular complexity index is 1150. The Labute approximate surface area is 204 Å². The summed E-state index contributed by atoms with van der Waals surface area (Å²) in [5.74, 6) is 2.27. The topological polar surface area (TPSA) is 95.8 Å². The van der Waals surface area contributed by atoms with Crippen molar-refractivity contribution in [2.75, 3.05) is 35.0 Å². The number of phenolic OH excluding ortho intramolecular Hbond substituents is 1. The van der Waals surface area contributed by atoms with E-state index in [9.17, 15) is 10.2 Å². The van der Waals surface area contributed by atoms with Crippen LogP contribution in [0.1, 0.15) is 22.8 Å². The summed E-state index contributed by atoms with van der Waals surface area (Å²) in [6, 6.07) is 15.1. The number of aliphatic hydroxyl groups excluding tert-OH is 1. The van der Waals surface area contributed by atoms with E-state index in [-0.39, 0.29) is 12.4 Å². The van der Waals surface area contributed by atoms with Crippen LogP contribution >= 0.6 is 0 Å². The van der Waals surface area contributed by atoms with Gasteiger partial charge in [0.15, 0.2) is 0 Å². The molecule has 3 aromatic rings. The van der Waals surface area contributed by atoms with E-state index in [2.05, 4.69) is 0 Å². The minimum atomic E-state index is -0.470. The molecule has 0 aliphatic carbocycles. The Hall–Kier alpha value is -3.46. The zero-order valence-corrected chi connectivity index (χ0v) is 20.2. The molecule has 0 amide bonds. The van der Waals surface area contributed by atoms with E-state index < -0.39 is 12.2 Å². The maximum atomic E-state index is 11.1. The third-order valence-corrected chi connectivity index (χ3v) is 6.10. The van der Waals surface area contributed by atoms with Crippen molar-refractivity contribution in [1.29, 1.82) is 0 Å². The number of aliphatic hydroxyl groups is 1. The molecule has 0 aromatic heterocycles. The molecule has 0 saturated carbocycles. The van der Waals surface area contributed by atoms with Crippen molar-refractivity contribution in [2.45, 2.75) is 25.0 Å². The van der Waals surface area contributed by atoms with Crippen LogP contribution in [0.5, 0.6) is 28.7 Å². The molecule has 8 heteroatoms. The fourth-order valence-electron chi connectivity index (χ4n) is 4.26. The van der Waals surface area contributed by atoms with Gasteiger partial charge in [0.1, 0.15) is 41.0 Å². The Morgan fingerprint density at radius 2 is 1.40 bits per heavy atom. The summed E-state index contributed by atoms with van der Waals surface area (Å²) in [5, 5.41) is 20.6. The fraction of sp³-hybridized carbons (Fsp3) is 0.333. The molecule has 0 spiro atoms. The molecule has 1 fully saturated rings. The van der Waals surface area contributed by atoms with Gasteiger partial charge >= 0.3 is 0 Å². The minimum absolute atomic E-state index is 0.0470. The maximum absolute atomic E-state index is 11.1. The van der Waals surface area contributed by atoms with Gasteiger partial charge in [-0.2, -0.15) is 0 Å². The monoisotopic (exact) mass is 482 g/mol. The lowest BCUT2D eigenvalue weighted by Gasteiger charge is -2.34. The predicted molar refractivity (Wildman–Crippen MR) is 129 cm³/mol. The number of ether oxygens (including phenoxy) is 4. The molecule has 2 N–H and O–H groups in total. The van der Waals surface area contributed by atoms with Crippen LogP contribution in [-0.4, -0.2) is 51.4 Å². The standard InChI is InChI=1S/C27H30O8/c1-30-19-7-5-6-16(10-19)8-9-17-11-20(29)25(21(12-17)31-2)26-22(32-3)13-18(14-23(26)33-4)27-24(15-28)34-35-27/h5-7,10-14,24,27-29H,8-9,15H2,1-4H3/t24-,27-/m0/s1. The van der Waals surface area contributed by atoms with Crippen LogP contribution in [-0.2, 0) is 22.6 Å². The van der Waals surface area contributed by atoms with Crippen molar-refractivity contribution in [1.82, 2.24) is 0 Å². The first kappa shape index (κ1) is 24.7. The molecule has 0 bridgehead atoms. The van der Waals surface area contributed by atoms with Gasteiger partial charge in [-0.05, 0) is 65.9 Å². The van der Waals surface area contributed by atoms with Crippen molar-refractivity contribution < 1.29 is 38.9 Å². The Morgan fingerprint density at radius 1 is 0.743 bits per heavy atom. The van der Waals surface area contributed by atoms with Crippen molar-refractivity contribution in [3.05, 3.63) is 65.2 Å². The maximum Gasteiger partial charge on any atom is 0.150 e. The van der Waals surface area contributed by atoms with E-state index in [0.29, 0.717) is 34.8 Å². The number of aromatic hydroxyl groups is 1. The minimum Gasteiger partial charge on any atom is -0.507 e. The van der Waals surface area contributed by atoms with Crippen molar-refractivity contribution in [3.63, 3.8) is 0 Å². The summed E-state index contributed by atoms with van der Waals surface area (Å²) in [4.78, 5) is 10.1. The number of hydrogen-bond donors (Lipinski definition) is 2. The van der Waals surface area contributed by atoms with Gasteiger partial charge in [-0.15, -0.1) is 0 Å². The zero-order chi connectivity index (χ0) is 24.9. The van der Waals surface area contributed by atoms with Gasteiger partial charge < -0.3 is 29.2 Å².